The maximum atomic E-state index is 5.59. The second kappa shape index (κ2) is 7.75. The van der Waals surface area contributed by atoms with Crippen LogP contribution in [0, 0.1) is 0 Å². The van der Waals surface area contributed by atoms with Crippen molar-refractivity contribution < 1.29 is 4.74 Å². The molecule has 1 aromatic carbocycles. The minimum Gasteiger partial charge on any atom is -0.494 e. The van der Waals surface area contributed by atoms with Crippen molar-refractivity contribution in [3.05, 3.63) is 60.9 Å². The van der Waals surface area contributed by atoms with E-state index in [1.54, 1.807) is 0 Å². The Hall–Kier alpha value is -1.50. The molecule has 0 heterocycles. The van der Waals surface area contributed by atoms with E-state index in [-0.39, 0.29) is 0 Å². The van der Waals surface area contributed by atoms with E-state index in [2.05, 4.69) is 25.3 Å². The monoisotopic (exact) mass is 216 g/mol. The zero-order chi connectivity index (χ0) is 11.6. The lowest BCUT2D eigenvalue weighted by Crippen LogP contribution is -1.92. The standard InChI is InChI=1S/C15H20O/c1-3-4-5-7-10-14(2)16-13-15-11-8-6-9-12-15/h3,6,8-9,11-12H,1-2,4-5,7,10,13H2. The average Bonchev–Trinajstić information content (AvgIpc) is 2.33. The molecule has 0 aliphatic heterocycles. The van der Waals surface area contributed by atoms with E-state index in [0.29, 0.717) is 6.61 Å². The maximum absolute atomic E-state index is 5.59. The number of hydrogen-bond donors (Lipinski definition) is 0. The van der Waals surface area contributed by atoms with E-state index < -0.39 is 0 Å². The van der Waals surface area contributed by atoms with Crippen LogP contribution in [0.4, 0.5) is 0 Å². The van der Waals surface area contributed by atoms with Crippen LogP contribution < -0.4 is 0 Å². The highest BCUT2D eigenvalue weighted by atomic mass is 16.5. The highest BCUT2D eigenvalue weighted by Crippen LogP contribution is 2.11. The lowest BCUT2D eigenvalue weighted by Gasteiger charge is -2.08. The van der Waals surface area contributed by atoms with Gasteiger partial charge in [-0.3, -0.25) is 0 Å². The van der Waals surface area contributed by atoms with E-state index in [9.17, 15) is 0 Å². The number of ether oxygens (including phenoxy) is 1. The van der Waals surface area contributed by atoms with Gasteiger partial charge < -0.3 is 4.74 Å². The van der Waals surface area contributed by atoms with E-state index in [1.807, 2.05) is 24.3 Å². The third kappa shape index (κ3) is 5.40. The van der Waals surface area contributed by atoms with Gasteiger partial charge in [-0.15, -0.1) is 6.58 Å². The highest BCUT2D eigenvalue weighted by Gasteiger charge is 1.96. The highest BCUT2D eigenvalue weighted by molar-refractivity contribution is 5.13. The van der Waals surface area contributed by atoms with Crippen LogP contribution in [0.5, 0.6) is 0 Å². The molecule has 1 rings (SSSR count). The van der Waals surface area contributed by atoms with Crippen molar-refractivity contribution in [2.45, 2.75) is 32.3 Å². The van der Waals surface area contributed by atoms with E-state index in [4.69, 9.17) is 4.74 Å². The second-order valence-electron chi connectivity index (χ2n) is 3.85. The zero-order valence-electron chi connectivity index (χ0n) is 9.82. The molecule has 0 spiro atoms. The number of rotatable bonds is 8. The predicted octanol–water partition coefficient (Wildman–Crippen LogP) is 4.46. The van der Waals surface area contributed by atoms with E-state index in [0.717, 1.165) is 31.4 Å². The molecule has 0 aliphatic rings. The molecule has 0 N–H and O–H groups in total. The Kier molecular flexibility index (Phi) is 6.09. The summed E-state index contributed by atoms with van der Waals surface area (Å²) in [6, 6.07) is 10.2. The van der Waals surface area contributed by atoms with Gasteiger partial charge in [0.25, 0.3) is 0 Å². The Labute approximate surface area is 98.5 Å². The summed E-state index contributed by atoms with van der Waals surface area (Å²) < 4.78 is 5.59. The van der Waals surface area contributed by atoms with Crippen LogP contribution in [0.1, 0.15) is 31.2 Å². The normalized spacial score (nSPS) is 9.75. The summed E-state index contributed by atoms with van der Waals surface area (Å²) in [7, 11) is 0. The van der Waals surface area contributed by atoms with Crippen LogP contribution in [-0.2, 0) is 11.3 Å². The van der Waals surface area contributed by atoms with Gasteiger partial charge in [-0.1, -0.05) is 43.0 Å². The average molecular weight is 216 g/mol. The van der Waals surface area contributed by atoms with Gasteiger partial charge >= 0.3 is 0 Å². The third-order valence-corrected chi connectivity index (χ3v) is 2.40. The van der Waals surface area contributed by atoms with Gasteiger partial charge in [0.15, 0.2) is 0 Å². The molecular formula is C15H20O. The number of hydrogen-bond acceptors (Lipinski definition) is 1. The van der Waals surface area contributed by atoms with Crippen LogP contribution >= 0.6 is 0 Å². The molecule has 0 aliphatic carbocycles. The van der Waals surface area contributed by atoms with Crippen molar-refractivity contribution in [3.8, 4) is 0 Å². The predicted molar refractivity (Wildman–Crippen MR) is 69.0 cm³/mol. The lowest BCUT2D eigenvalue weighted by atomic mass is 10.2. The van der Waals surface area contributed by atoms with Gasteiger partial charge in [-0.2, -0.15) is 0 Å². The zero-order valence-corrected chi connectivity index (χ0v) is 9.82. The van der Waals surface area contributed by atoms with Gasteiger partial charge in [0.05, 0.1) is 5.76 Å². The summed E-state index contributed by atoms with van der Waals surface area (Å²) in [5.41, 5.74) is 1.19. The molecular weight excluding hydrogens is 196 g/mol. The Morgan fingerprint density at radius 3 is 2.62 bits per heavy atom. The van der Waals surface area contributed by atoms with Gasteiger partial charge in [0.1, 0.15) is 6.61 Å². The number of benzene rings is 1. The Morgan fingerprint density at radius 1 is 1.19 bits per heavy atom. The third-order valence-electron chi connectivity index (χ3n) is 2.40. The second-order valence-corrected chi connectivity index (χ2v) is 3.85. The van der Waals surface area contributed by atoms with Crippen molar-refractivity contribution >= 4 is 0 Å². The summed E-state index contributed by atoms with van der Waals surface area (Å²) in [4.78, 5) is 0. The summed E-state index contributed by atoms with van der Waals surface area (Å²) in [6.45, 7) is 8.25. The lowest BCUT2D eigenvalue weighted by molar-refractivity contribution is 0.189. The summed E-state index contributed by atoms with van der Waals surface area (Å²) in [5, 5.41) is 0. The number of unbranched alkanes of at least 4 members (excludes halogenated alkanes) is 2. The SMILES string of the molecule is C=CCCCCC(=C)OCc1ccccc1. The topological polar surface area (TPSA) is 9.23 Å². The summed E-state index contributed by atoms with van der Waals surface area (Å²) >= 11 is 0. The molecule has 0 unspecified atom stereocenters. The van der Waals surface area contributed by atoms with E-state index >= 15 is 0 Å². The minimum atomic E-state index is 0.626. The molecule has 16 heavy (non-hydrogen) atoms. The van der Waals surface area contributed by atoms with Crippen molar-refractivity contribution in [1.29, 1.82) is 0 Å². The molecule has 1 nitrogen and oxygen atoms in total. The van der Waals surface area contributed by atoms with Crippen LogP contribution in [0.3, 0.4) is 0 Å². The minimum absolute atomic E-state index is 0.626. The summed E-state index contributed by atoms with van der Waals surface area (Å²) in [6.07, 6.45) is 6.26. The smallest absolute Gasteiger partial charge is 0.113 e. The first-order chi connectivity index (χ1) is 7.83. The van der Waals surface area contributed by atoms with Crippen molar-refractivity contribution in [2.24, 2.45) is 0 Å². The fourth-order valence-corrected chi connectivity index (χ4v) is 1.44. The van der Waals surface area contributed by atoms with Gasteiger partial charge in [-0.25, -0.2) is 0 Å². The molecule has 0 aromatic heterocycles. The van der Waals surface area contributed by atoms with Crippen LogP contribution in [0.25, 0.3) is 0 Å². The quantitative estimate of drug-likeness (QED) is 0.354. The molecule has 0 amide bonds. The molecule has 0 radical (unpaired) electrons. The summed E-state index contributed by atoms with van der Waals surface area (Å²) in [5.74, 6) is 0.882. The first kappa shape index (κ1) is 12.6. The Bertz CT molecular complexity index is 313. The Balaban J connectivity index is 2.13. The van der Waals surface area contributed by atoms with Gasteiger partial charge in [-0.05, 0) is 24.8 Å². The molecule has 1 heteroatoms. The molecule has 0 fully saturated rings. The van der Waals surface area contributed by atoms with Crippen LogP contribution in [0.15, 0.2) is 55.3 Å². The van der Waals surface area contributed by atoms with E-state index in [1.165, 1.54) is 5.56 Å². The molecule has 0 bridgehead atoms. The van der Waals surface area contributed by atoms with Crippen molar-refractivity contribution in [1.82, 2.24) is 0 Å². The fourth-order valence-electron chi connectivity index (χ4n) is 1.44. The maximum Gasteiger partial charge on any atom is 0.113 e. The number of allylic oxidation sites excluding steroid dienone is 2. The van der Waals surface area contributed by atoms with Gasteiger partial charge in [0.2, 0.25) is 0 Å². The Morgan fingerprint density at radius 2 is 1.94 bits per heavy atom. The van der Waals surface area contributed by atoms with Crippen LogP contribution in [-0.4, -0.2) is 0 Å². The largest absolute Gasteiger partial charge is 0.494 e. The molecule has 0 saturated heterocycles. The van der Waals surface area contributed by atoms with Crippen molar-refractivity contribution in [2.75, 3.05) is 0 Å². The van der Waals surface area contributed by atoms with Crippen LogP contribution in [0.2, 0.25) is 0 Å². The molecule has 1 aromatic rings. The first-order valence-electron chi connectivity index (χ1n) is 5.78. The molecule has 86 valence electrons. The molecule has 0 atom stereocenters. The first-order valence-corrected chi connectivity index (χ1v) is 5.78. The molecule has 0 saturated carbocycles. The van der Waals surface area contributed by atoms with Gasteiger partial charge in [0, 0.05) is 6.42 Å². The fraction of sp³-hybridized carbons (Fsp3) is 0.333. The van der Waals surface area contributed by atoms with Crippen molar-refractivity contribution in [3.63, 3.8) is 0 Å².